The summed E-state index contributed by atoms with van der Waals surface area (Å²) in [5, 5.41) is 6.76. The highest BCUT2D eigenvalue weighted by atomic mass is 35.5. The lowest BCUT2D eigenvalue weighted by atomic mass is 9.87. The molecule has 2 heterocycles. The third-order valence-corrected chi connectivity index (χ3v) is 5.92. The van der Waals surface area contributed by atoms with Crippen molar-refractivity contribution in [1.82, 2.24) is 15.5 Å². The van der Waals surface area contributed by atoms with E-state index in [2.05, 4.69) is 34.6 Å². The van der Waals surface area contributed by atoms with Gasteiger partial charge >= 0.3 is 0 Å². The summed E-state index contributed by atoms with van der Waals surface area (Å²) in [5.41, 5.74) is 0.866. The van der Waals surface area contributed by atoms with Crippen LogP contribution in [0.25, 0.3) is 0 Å². The summed E-state index contributed by atoms with van der Waals surface area (Å²) in [6.07, 6.45) is 4.24. The zero-order chi connectivity index (χ0) is 18.0. The number of amides is 1. The van der Waals surface area contributed by atoms with Crippen LogP contribution in [0.2, 0.25) is 0 Å². The van der Waals surface area contributed by atoms with Crippen molar-refractivity contribution in [2.45, 2.75) is 44.2 Å². The van der Waals surface area contributed by atoms with Crippen LogP contribution in [0.15, 0.2) is 18.2 Å². The fraction of sp³-hybridized carbons (Fsp3) is 0.650. The lowest BCUT2D eigenvalue weighted by molar-refractivity contribution is -0.125. The first kappa shape index (κ1) is 20.2. The first-order valence-electron chi connectivity index (χ1n) is 9.82. The summed E-state index contributed by atoms with van der Waals surface area (Å²) in [5.74, 6) is 1.72. The van der Waals surface area contributed by atoms with Gasteiger partial charge in [-0.3, -0.25) is 9.69 Å². The topological polar surface area (TPSA) is 62.8 Å². The molecular weight excluding hydrogens is 366 g/mol. The van der Waals surface area contributed by atoms with Gasteiger partial charge in [0, 0.05) is 25.7 Å². The van der Waals surface area contributed by atoms with Crippen molar-refractivity contribution in [2.75, 3.05) is 39.4 Å². The fourth-order valence-electron chi connectivity index (χ4n) is 4.41. The van der Waals surface area contributed by atoms with Gasteiger partial charge in [0.05, 0.1) is 12.1 Å². The predicted molar refractivity (Wildman–Crippen MR) is 107 cm³/mol. The van der Waals surface area contributed by atoms with E-state index in [1.54, 1.807) is 0 Å². The number of nitrogens with zero attached hydrogens (tertiary/aromatic N) is 1. The van der Waals surface area contributed by atoms with Crippen LogP contribution in [0.1, 0.15) is 38.2 Å². The fourth-order valence-corrected chi connectivity index (χ4v) is 4.41. The molecule has 1 saturated carbocycles. The molecule has 0 spiro atoms. The number of rotatable bonds is 4. The second-order valence-corrected chi connectivity index (χ2v) is 7.72. The molecule has 2 aliphatic heterocycles. The molecule has 150 valence electrons. The summed E-state index contributed by atoms with van der Waals surface area (Å²) >= 11 is 0. The Balaban J connectivity index is 0.00000210. The van der Waals surface area contributed by atoms with E-state index in [9.17, 15) is 4.79 Å². The third-order valence-electron chi connectivity index (χ3n) is 5.92. The number of carbonyl (C=O) groups excluding carboxylic acids is 1. The quantitative estimate of drug-likeness (QED) is 0.817. The van der Waals surface area contributed by atoms with Crippen LogP contribution in [0.3, 0.4) is 0 Å². The molecule has 0 bridgehead atoms. The number of hydrogen-bond donors (Lipinski definition) is 2. The molecule has 1 aromatic carbocycles. The van der Waals surface area contributed by atoms with Gasteiger partial charge in [-0.2, -0.15) is 0 Å². The highest BCUT2D eigenvalue weighted by molar-refractivity contribution is 5.85. The second-order valence-electron chi connectivity index (χ2n) is 7.72. The molecule has 0 radical (unpaired) electrons. The van der Waals surface area contributed by atoms with E-state index < -0.39 is 0 Å². The number of piperazine rings is 1. The van der Waals surface area contributed by atoms with Gasteiger partial charge in [-0.05, 0) is 37.5 Å². The summed E-state index contributed by atoms with van der Waals surface area (Å²) < 4.78 is 11.4. The van der Waals surface area contributed by atoms with Crippen molar-refractivity contribution in [1.29, 1.82) is 0 Å². The van der Waals surface area contributed by atoms with Crippen LogP contribution in [0.5, 0.6) is 11.5 Å². The average Bonchev–Trinajstić information content (AvgIpc) is 3.13. The minimum absolute atomic E-state index is 0. The summed E-state index contributed by atoms with van der Waals surface area (Å²) in [6, 6.07) is 6.53. The monoisotopic (exact) mass is 395 g/mol. The highest BCUT2D eigenvalue weighted by Gasteiger charge is 2.38. The first-order chi connectivity index (χ1) is 12.7. The molecule has 7 heteroatoms. The molecule has 1 saturated heterocycles. The number of hydrogen-bond acceptors (Lipinski definition) is 5. The Morgan fingerprint density at radius 1 is 1.26 bits per heavy atom. The number of ether oxygens (including phenoxy) is 2. The number of benzene rings is 1. The maximum Gasteiger partial charge on any atom is 0.234 e. The van der Waals surface area contributed by atoms with E-state index in [0.717, 1.165) is 62.4 Å². The molecule has 2 N–H and O–H groups in total. The number of fused-ring (bicyclic) bond motifs is 1. The molecule has 6 nitrogen and oxygen atoms in total. The molecular formula is C20H30ClN3O3. The Morgan fingerprint density at radius 2 is 2.00 bits per heavy atom. The van der Waals surface area contributed by atoms with Gasteiger partial charge in [0.15, 0.2) is 11.5 Å². The van der Waals surface area contributed by atoms with Crippen molar-refractivity contribution in [3.8, 4) is 11.5 Å². The van der Waals surface area contributed by atoms with E-state index in [-0.39, 0.29) is 23.9 Å². The highest BCUT2D eigenvalue weighted by Crippen LogP contribution is 2.42. The molecule has 1 aromatic rings. The van der Waals surface area contributed by atoms with Crippen LogP contribution in [-0.2, 0) is 10.3 Å². The normalized spacial score (nSPS) is 24.1. The number of carbonyl (C=O) groups is 1. The van der Waals surface area contributed by atoms with Gasteiger partial charge in [0.25, 0.3) is 0 Å². The molecule has 1 amide bonds. The average molecular weight is 396 g/mol. The molecule has 3 aliphatic rings. The number of nitrogens with one attached hydrogen (secondary N) is 2. The second kappa shape index (κ2) is 8.67. The maximum absolute atomic E-state index is 12.9. The van der Waals surface area contributed by atoms with E-state index in [0.29, 0.717) is 25.8 Å². The molecule has 0 unspecified atom stereocenters. The Kier molecular flexibility index (Phi) is 6.50. The predicted octanol–water partition coefficient (Wildman–Crippen LogP) is 2.06. The van der Waals surface area contributed by atoms with Gasteiger partial charge in [-0.15, -0.1) is 12.4 Å². The molecule has 27 heavy (non-hydrogen) atoms. The molecule has 1 atom stereocenters. The van der Waals surface area contributed by atoms with Crippen molar-refractivity contribution in [3.63, 3.8) is 0 Å². The van der Waals surface area contributed by atoms with Crippen LogP contribution >= 0.6 is 12.4 Å². The SMILES string of the molecule is C[C@H]1CNCCN1CC(=O)NC1(c2ccc3c(c2)OCCO3)CCCC1.Cl. The van der Waals surface area contributed by atoms with Gasteiger partial charge in [0.1, 0.15) is 13.2 Å². The van der Waals surface area contributed by atoms with Gasteiger partial charge in [0.2, 0.25) is 5.91 Å². The Bertz CT molecular complexity index is 664. The van der Waals surface area contributed by atoms with E-state index in [1.165, 1.54) is 0 Å². The zero-order valence-corrected chi connectivity index (χ0v) is 16.8. The summed E-state index contributed by atoms with van der Waals surface area (Å²) in [7, 11) is 0. The third kappa shape index (κ3) is 4.33. The maximum atomic E-state index is 12.9. The molecule has 4 rings (SSSR count). The summed E-state index contributed by atoms with van der Waals surface area (Å²) in [4.78, 5) is 15.1. The van der Waals surface area contributed by atoms with E-state index in [1.807, 2.05) is 6.07 Å². The van der Waals surface area contributed by atoms with Crippen molar-refractivity contribution >= 4 is 18.3 Å². The van der Waals surface area contributed by atoms with Crippen LogP contribution in [-0.4, -0.2) is 56.2 Å². The lowest BCUT2D eigenvalue weighted by Gasteiger charge is -2.36. The van der Waals surface area contributed by atoms with Crippen LogP contribution in [0.4, 0.5) is 0 Å². The smallest absolute Gasteiger partial charge is 0.234 e. The van der Waals surface area contributed by atoms with Crippen molar-refractivity contribution in [2.24, 2.45) is 0 Å². The van der Waals surface area contributed by atoms with Gasteiger partial charge in [-0.25, -0.2) is 0 Å². The molecule has 0 aromatic heterocycles. The van der Waals surface area contributed by atoms with Crippen LogP contribution < -0.4 is 20.1 Å². The van der Waals surface area contributed by atoms with Crippen molar-refractivity contribution < 1.29 is 14.3 Å². The lowest BCUT2D eigenvalue weighted by Crippen LogP contribution is -2.54. The van der Waals surface area contributed by atoms with Gasteiger partial charge in [-0.1, -0.05) is 18.9 Å². The van der Waals surface area contributed by atoms with E-state index >= 15 is 0 Å². The zero-order valence-electron chi connectivity index (χ0n) is 16.0. The molecule has 1 aliphatic carbocycles. The Morgan fingerprint density at radius 3 is 2.74 bits per heavy atom. The minimum Gasteiger partial charge on any atom is -0.486 e. The van der Waals surface area contributed by atoms with Crippen LogP contribution in [0, 0.1) is 0 Å². The Labute approximate surface area is 167 Å². The van der Waals surface area contributed by atoms with E-state index in [4.69, 9.17) is 9.47 Å². The number of halogens is 1. The molecule has 2 fully saturated rings. The summed E-state index contributed by atoms with van der Waals surface area (Å²) in [6.45, 7) is 6.63. The minimum atomic E-state index is -0.274. The van der Waals surface area contributed by atoms with Gasteiger partial charge < -0.3 is 20.1 Å². The largest absolute Gasteiger partial charge is 0.486 e. The Hall–Kier alpha value is -1.50. The standard InChI is InChI=1S/C20H29N3O3.ClH/c1-15-13-21-8-9-23(15)14-19(24)22-20(6-2-3-7-20)16-4-5-17-18(12-16)26-11-10-25-17;/h4-5,12,15,21H,2-3,6-11,13-14H2,1H3,(H,22,24);1H/t15-;/m0./s1. The first-order valence-corrected chi connectivity index (χ1v) is 9.82. The van der Waals surface area contributed by atoms with Crippen molar-refractivity contribution in [3.05, 3.63) is 23.8 Å².